The first-order chi connectivity index (χ1) is 14.1. The molecule has 0 aliphatic rings. The molecule has 4 aromatic rings. The molecule has 0 spiro atoms. The molecule has 0 atom stereocenters. The molecule has 0 fully saturated rings. The Balaban J connectivity index is 1.51. The second kappa shape index (κ2) is 8.54. The van der Waals surface area contributed by atoms with E-state index in [-0.39, 0.29) is 17.9 Å². The van der Waals surface area contributed by atoms with Crippen molar-refractivity contribution in [2.24, 2.45) is 0 Å². The number of hydrogen-bond acceptors (Lipinski definition) is 5. The van der Waals surface area contributed by atoms with E-state index < -0.39 is 11.2 Å². The molecule has 0 aliphatic heterocycles. The molecule has 4 rings (SSSR count). The summed E-state index contributed by atoms with van der Waals surface area (Å²) in [5.41, 5.74) is 0.880. The zero-order chi connectivity index (χ0) is 20.2. The summed E-state index contributed by atoms with van der Waals surface area (Å²) in [6.45, 7) is 0.850. The molecule has 0 N–H and O–H groups in total. The van der Waals surface area contributed by atoms with Gasteiger partial charge in [-0.2, -0.15) is 10.2 Å². The molecule has 0 aliphatic carbocycles. The Hall–Kier alpha value is -3.04. The van der Waals surface area contributed by atoms with Crippen molar-refractivity contribution in [1.82, 2.24) is 24.1 Å². The van der Waals surface area contributed by atoms with Gasteiger partial charge in [0, 0.05) is 5.39 Å². The molecular weight excluding hydrogens is 438 g/mol. The lowest BCUT2D eigenvalue weighted by molar-refractivity contribution is 0.0567. The highest BCUT2D eigenvalue weighted by molar-refractivity contribution is 9.10. The van der Waals surface area contributed by atoms with Gasteiger partial charge in [-0.1, -0.05) is 48.5 Å². The number of aromatic nitrogens is 5. The van der Waals surface area contributed by atoms with Crippen LogP contribution in [0.5, 0.6) is 0 Å². The molecule has 148 valence electrons. The molecule has 8 nitrogen and oxygen atoms in total. The normalized spacial score (nSPS) is 11.2. The van der Waals surface area contributed by atoms with E-state index in [9.17, 15) is 9.59 Å². The van der Waals surface area contributed by atoms with Gasteiger partial charge in [-0.3, -0.25) is 9.48 Å². The number of rotatable bonds is 7. The molecule has 0 radical (unpaired) electrons. The van der Waals surface area contributed by atoms with Crippen LogP contribution in [0.2, 0.25) is 0 Å². The molecule has 0 saturated heterocycles. The van der Waals surface area contributed by atoms with Crippen molar-refractivity contribution >= 4 is 26.8 Å². The Morgan fingerprint density at radius 1 is 0.931 bits per heavy atom. The van der Waals surface area contributed by atoms with E-state index in [0.29, 0.717) is 13.2 Å². The number of ether oxygens (including phenoxy) is 1. The quantitative estimate of drug-likeness (QED) is 0.427. The molecule has 0 amide bonds. The van der Waals surface area contributed by atoms with Gasteiger partial charge >= 0.3 is 5.69 Å². The maximum absolute atomic E-state index is 12.7. The average Bonchev–Trinajstić information content (AvgIpc) is 3.16. The van der Waals surface area contributed by atoms with Gasteiger partial charge in [0.15, 0.2) is 4.60 Å². The third kappa shape index (κ3) is 4.20. The van der Waals surface area contributed by atoms with Crippen molar-refractivity contribution in [2.75, 3.05) is 0 Å². The van der Waals surface area contributed by atoms with Crippen molar-refractivity contribution in [1.29, 1.82) is 0 Å². The molecule has 0 bridgehead atoms. The molecule has 9 heteroatoms. The van der Waals surface area contributed by atoms with E-state index in [1.165, 1.54) is 4.68 Å². The van der Waals surface area contributed by atoms with E-state index in [4.69, 9.17) is 4.74 Å². The minimum Gasteiger partial charge on any atom is -0.356 e. The zero-order valence-corrected chi connectivity index (χ0v) is 17.0. The summed E-state index contributed by atoms with van der Waals surface area (Å²) in [5, 5.41) is 9.45. The maximum Gasteiger partial charge on any atom is 0.349 e. The fourth-order valence-corrected chi connectivity index (χ4v) is 3.42. The van der Waals surface area contributed by atoms with E-state index in [1.54, 1.807) is 10.9 Å². The van der Waals surface area contributed by atoms with Gasteiger partial charge in [0.2, 0.25) is 0 Å². The van der Waals surface area contributed by atoms with Crippen LogP contribution in [-0.2, 0) is 31.2 Å². The number of fused-ring (bicyclic) bond motifs is 1. The lowest BCUT2D eigenvalue weighted by atomic mass is 10.2. The standard InChI is InChI=1S/C20H18BrN5O3/c21-18-19(27)24(14-29-13-15-6-2-1-3-7-15)20(28)26(23-18)11-10-25-17-9-5-4-8-16(17)12-22-25/h1-9,12H,10-11,13-14H2. The van der Waals surface area contributed by atoms with Crippen LogP contribution in [0.3, 0.4) is 0 Å². The summed E-state index contributed by atoms with van der Waals surface area (Å²) in [4.78, 5) is 25.1. The summed E-state index contributed by atoms with van der Waals surface area (Å²) in [7, 11) is 0. The van der Waals surface area contributed by atoms with Crippen molar-refractivity contribution in [3.8, 4) is 0 Å². The number of para-hydroxylation sites is 1. The second-order valence-electron chi connectivity index (χ2n) is 6.42. The van der Waals surface area contributed by atoms with Gasteiger partial charge in [-0.15, -0.1) is 0 Å². The fraction of sp³-hybridized carbons (Fsp3) is 0.200. The average molecular weight is 456 g/mol. The van der Waals surface area contributed by atoms with E-state index >= 15 is 0 Å². The third-order valence-corrected chi connectivity index (χ3v) is 4.99. The maximum atomic E-state index is 12.7. The van der Waals surface area contributed by atoms with E-state index in [1.807, 2.05) is 54.6 Å². The largest absolute Gasteiger partial charge is 0.356 e. The Labute approximate surface area is 174 Å². The predicted octanol–water partition coefficient (Wildman–Crippen LogP) is 2.39. The van der Waals surface area contributed by atoms with Crippen molar-refractivity contribution in [2.45, 2.75) is 26.4 Å². The Morgan fingerprint density at radius 3 is 2.48 bits per heavy atom. The molecular formula is C20H18BrN5O3. The highest BCUT2D eigenvalue weighted by Crippen LogP contribution is 2.12. The summed E-state index contributed by atoms with van der Waals surface area (Å²) < 4.78 is 9.71. The second-order valence-corrected chi connectivity index (χ2v) is 7.17. The topological polar surface area (TPSA) is 83.9 Å². The van der Waals surface area contributed by atoms with Crippen LogP contribution < -0.4 is 11.2 Å². The number of aryl methyl sites for hydroxylation is 2. The van der Waals surface area contributed by atoms with Gasteiger partial charge in [-0.25, -0.2) is 14.0 Å². The van der Waals surface area contributed by atoms with E-state index in [0.717, 1.165) is 21.0 Å². The zero-order valence-electron chi connectivity index (χ0n) is 15.4. The smallest absolute Gasteiger partial charge is 0.349 e. The van der Waals surface area contributed by atoms with Crippen LogP contribution in [0.1, 0.15) is 5.56 Å². The highest BCUT2D eigenvalue weighted by atomic mass is 79.9. The molecule has 29 heavy (non-hydrogen) atoms. The molecule has 2 aromatic carbocycles. The first kappa shape index (κ1) is 19.3. The lowest BCUT2D eigenvalue weighted by Crippen LogP contribution is -2.43. The van der Waals surface area contributed by atoms with Crippen LogP contribution in [0, 0.1) is 0 Å². The van der Waals surface area contributed by atoms with Crippen LogP contribution in [0.4, 0.5) is 0 Å². The van der Waals surface area contributed by atoms with E-state index in [2.05, 4.69) is 26.1 Å². The Bertz CT molecular complexity index is 1250. The Kier molecular flexibility index (Phi) is 5.68. The lowest BCUT2D eigenvalue weighted by Gasteiger charge is -2.11. The number of benzene rings is 2. The number of halogens is 1. The van der Waals surface area contributed by atoms with Crippen LogP contribution >= 0.6 is 15.9 Å². The van der Waals surface area contributed by atoms with Gasteiger partial charge in [-0.05, 0) is 27.6 Å². The highest BCUT2D eigenvalue weighted by Gasteiger charge is 2.12. The molecule has 2 heterocycles. The fourth-order valence-electron chi connectivity index (χ4n) is 3.01. The molecule has 2 aromatic heterocycles. The minimum absolute atomic E-state index is 0.0609. The van der Waals surface area contributed by atoms with Crippen molar-refractivity contribution in [3.05, 3.63) is 91.8 Å². The first-order valence-corrected chi connectivity index (χ1v) is 9.82. The molecule has 0 unspecified atom stereocenters. The number of hydrogen-bond donors (Lipinski definition) is 0. The van der Waals surface area contributed by atoms with Gasteiger partial charge in [0.25, 0.3) is 5.56 Å². The number of nitrogens with zero attached hydrogens (tertiary/aromatic N) is 5. The minimum atomic E-state index is -0.525. The van der Waals surface area contributed by atoms with Crippen molar-refractivity contribution < 1.29 is 4.74 Å². The monoisotopic (exact) mass is 455 g/mol. The SMILES string of the molecule is O=c1c(Br)nn(CCn2ncc3ccccc32)c(=O)n1COCc1ccccc1. The first-order valence-electron chi connectivity index (χ1n) is 9.03. The van der Waals surface area contributed by atoms with Crippen LogP contribution in [0.25, 0.3) is 10.9 Å². The van der Waals surface area contributed by atoms with Crippen LogP contribution in [-0.4, -0.2) is 24.1 Å². The van der Waals surface area contributed by atoms with Gasteiger partial charge < -0.3 is 4.74 Å². The summed E-state index contributed by atoms with van der Waals surface area (Å²) >= 11 is 3.14. The summed E-state index contributed by atoms with van der Waals surface area (Å²) in [6.07, 6.45) is 1.78. The van der Waals surface area contributed by atoms with Gasteiger partial charge in [0.05, 0.1) is 31.4 Å². The third-order valence-electron chi connectivity index (χ3n) is 4.49. The Morgan fingerprint density at radius 2 is 1.66 bits per heavy atom. The summed E-state index contributed by atoms with van der Waals surface area (Å²) in [5.74, 6) is 0. The van der Waals surface area contributed by atoms with Crippen molar-refractivity contribution in [3.63, 3.8) is 0 Å². The molecule has 0 saturated carbocycles. The summed E-state index contributed by atoms with van der Waals surface area (Å²) in [6, 6.07) is 17.4. The predicted molar refractivity (Wildman–Crippen MR) is 111 cm³/mol. The van der Waals surface area contributed by atoms with Gasteiger partial charge in [0.1, 0.15) is 6.73 Å². The van der Waals surface area contributed by atoms with Crippen LogP contribution in [0.15, 0.2) is 75.0 Å².